The highest BCUT2D eigenvalue weighted by atomic mass is 32.2. The number of rotatable bonds is 7. The molecule has 0 unspecified atom stereocenters. The molecule has 29 heavy (non-hydrogen) atoms. The van der Waals surface area contributed by atoms with Gasteiger partial charge in [0.05, 0.1) is 4.90 Å². The van der Waals surface area contributed by atoms with Gasteiger partial charge in [0.2, 0.25) is 0 Å². The van der Waals surface area contributed by atoms with E-state index in [1.807, 2.05) is 6.92 Å². The van der Waals surface area contributed by atoms with Crippen molar-refractivity contribution in [3.05, 3.63) is 59.7 Å². The molecule has 156 valence electrons. The van der Waals surface area contributed by atoms with Crippen molar-refractivity contribution in [1.82, 2.24) is 5.32 Å². The van der Waals surface area contributed by atoms with E-state index < -0.39 is 10.0 Å². The average Bonchev–Trinajstić information content (AvgIpc) is 2.97. The number of carbonyl (C=O) groups excluding carboxylic acids is 1. The summed E-state index contributed by atoms with van der Waals surface area (Å²) in [5.41, 5.74) is 1.96. The number of hydrogen-bond acceptors (Lipinski definition) is 3. The van der Waals surface area contributed by atoms with Gasteiger partial charge in [-0.1, -0.05) is 56.2 Å². The van der Waals surface area contributed by atoms with Gasteiger partial charge in [0.1, 0.15) is 0 Å². The van der Waals surface area contributed by atoms with Crippen LogP contribution < -0.4 is 10.0 Å². The lowest BCUT2D eigenvalue weighted by atomic mass is 9.97. The standard InChI is InChI=1S/C23H30N2O3S/c1-18-8-14-22(15-9-18)29(27,28)25-21-12-10-20(11-13-21)23(26)24-17-16-19-6-4-2-3-5-7-19/h8-15,19,25H,2-7,16-17H2,1H3,(H,24,26). The minimum Gasteiger partial charge on any atom is -0.352 e. The molecule has 0 aliphatic heterocycles. The van der Waals surface area contributed by atoms with Crippen molar-refractivity contribution in [3.8, 4) is 0 Å². The molecule has 2 aromatic carbocycles. The number of nitrogens with one attached hydrogen (secondary N) is 2. The monoisotopic (exact) mass is 414 g/mol. The maximum absolute atomic E-state index is 12.5. The second-order valence-corrected chi connectivity index (χ2v) is 9.58. The first-order valence-corrected chi connectivity index (χ1v) is 11.9. The molecule has 0 heterocycles. The van der Waals surface area contributed by atoms with Gasteiger partial charge in [-0.05, 0) is 55.7 Å². The van der Waals surface area contributed by atoms with Crippen LogP contribution in [0.3, 0.4) is 0 Å². The fraction of sp³-hybridized carbons (Fsp3) is 0.435. The van der Waals surface area contributed by atoms with Crippen LogP contribution in [0.4, 0.5) is 5.69 Å². The van der Waals surface area contributed by atoms with E-state index in [9.17, 15) is 13.2 Å². The molecule has 0 spiro atoms. The average molecular weight is 415 g/mol. The number of sulfonamides is 1. The van der Waals surface area contributed by atoms with Gasteiger partial charge in [0, 0.05) is 17.8 Å². The minimum atomic E-state index is -3.64. The van der Waals surface area contributed by atoms with Crippen LogP contribution in [0.2, 0.25) is 0 Å². The topological polar surface area (TPSA) is 75.3 Å². The quantitative estimate of drug-likeness (QED) is 0.634. The smallest absolute Gasteiger partial charge is 0.261 e. The molecule has 1 aliphatic rings. The number of amides is 1. The van der Waals surface area contributed by atoms with E-state index in [2.05, 4.69) is 10.0 Å². The summed E-state index contributed by atoms with van der Waals surface area (Å²) < 4.78 is 27.5. The Bertz CT molecular complexity index is 898. The molecule has 2 aromatic rings. The molecule has 1 aliphatic carbocycles. The first kappa shape index (κ1) is 21.4. The summed E-state index contributed by atoms with van der Waals surface area (Å²) >= 11 is 0. The van der Waals surface area contributed by atoms with Gasteiger partial charge >= 0.3 is 0 Å². The van der Waals surface area contributed by atoms with E-state index in [-0.39, 0.29) is 10.8 Å². The van der Waals surface area contributed by atoms with Crippen LogP contribution >= 0.6 is 0 Å². The number of hydrogen-bond donors (Lipinski definition) is 2. The molecule has 0 aromatic heterocycles. The maximum atomic E-state index is 12.5. The zero-order valence-corrected chi connectivity index (χ0v) is 17.8. The normalized spacial score (nSPS) is 15.5. The predicted molar refractivity (Wildman–Crippen MR) is 117 cm³/mol. The van der Waals surface area contributed by atoms with Crippen LogP contribution in [0.25, 0.3) is 0 Å². The minimum absolute atomic E-state index is 0.119. The fourth-order valence-corrected chi connectivity index (χ4v) is 4.82. The molecular formula is C23H30N2O3S. The summed E-state index contributed by atoms with van der Waals surface area (Å²) in [6.45, 7) is 2.59. The van der Waals surface area contributed by atoms with Gasteiger partial charge in [-0.3, -0.25) is 9.52 Å². The summed E-state index contributed by atoms with van der Waals surface area (Å²) in [5.74, 6) is 0.600. The van der Waals surface area contributed by atoms with Gasteiger partial charge < -0.3 is 5.32 Å². The molecule has 2 N–H and O–H groups in total. The van der Waals surface area contributed by atoms with Crippen molar-refractivity contribution >= 4 is 21.6 Å². The van der Waals surface area contributed by atoms with Crippen LogP contribution in [0.5, 0.6) is 0 Å². The van der Waals surface area contributed by atoms with Crippen LogP contribution in [0.1, 0.15) is 60.9 Å². The second kappa shape index (κ2) is 9.92. The van der Waals surface area contributed by atoms with E-state index in [1.54, 1.807) is 48.5 Å². The Labute approximate surface area is 174 Å². The molecule has 0 saturated heterocycles. The van der Waals surface area contributed by atoms with Gasteiger partial charge in [0.15, 0.2) is 0 Å². The number of anilines is 1. The fourth-order valence-electron chi connectivity index (χ4n) is 3.77. The van der Waals surface area contributed by atoms with Crippen molar-refractivity contribution in [2.45, 2.75) is 56.8 Å². The van der Waals surface area contributed by atoms with E-state index in [1.165, 1.54) is 38.5 Å². The predicted octanol–water partition coefficient (Wildman–Crippen LogP) is 4.89. The summed E-state index contributed by atoms with van der Waals surface area (Å²) in [4.78, 5) is 12.6. The third-order valence-electron chi connectivity index (χ3n) is 5.54. The SMILES string of the molecule is Cc1ccc(S(=O)(=O)Nc2ccc(C(=O)NCCC3CCCCCC3)cc2)cc1. The Kier molecular flexibility index (Phi) is 7.31. The van der Waals surface area contributed by atoms with Crippen molar-refractivity contribution in [3.63, 3.8) is 0 Å². The summed E-state index contributed by atoms with van der Waals surface area (Å²) in [6, 6.07) is 13.2. The molecule has 1 saturated carbocycles. The Hall–Kier alpha value is -2.34. The van der Waals surface area contributed by atoms with E-state index >= 15 is 0 Å². The molecule has 1 amide bonds. The largest absolute Gasteiger partial charge is 0.352 e. The summed E-state index contributed by atoms with van der Waals surface area (Å²) in [6.07, 6.45) is 8.85. The zero-order chi connectivity index (χ0) is 20.7. The molecule has 0 atom stereocenters. The summed E-state index contributed by atoms with van der Waals surface area (Å²) in [5, 5.41) is 2.99. The first-order chi connectivity index (χ1) is 13.9. The van der Waals surface area contributed by atoms with Crippen LogP contribution in [0, 0.1) is 12.8 Å². The van der Waals surface area contributed by atoms with E-state index in [0.29, 0.717) is 17.8 Å². The lowest BCUT2D eigenvalue weighted by molar-refractivity contribution is 0.0951. The Balaban J connectivity index is 1.52. The molecule has 0 bridgehead atoms. The molecule has 0 radical (unpaired) electrons. The number of aryl methyl sites for hydroxylation is 1. The highest BCUT2D eigenvalue weighted by molar-refractivity contribution is 7.92. The highest BCUT2D eigenvalue weighted by Crippen LogP contribution is 2.25. The molecule has 3 rings (SSSR count). The van der Waals surface area contributed by atoms with Crippen LogP contribution in [0.15, 0.2) is 53.4 Å². The first-order valence-electron chi connectivity index (χ1n) is 10.4. The Morgan fingerprint density at radius 2 is 1.55 bits per heavy atom. The van der Waals surface area contributed by atoms with Crippen molar-refractivity contribution in [2.75, 3.05) is 11.3 Å². The van der Waals surface area contributed by atoms with Crippen molar-refractivity contribution in [2.24, 2.45) is 5.92 Å². The molecule has 1 fully saturated rings. The Morgan fingerprint density at radius 3 is 2.17 bits per heavy atom. The molecule has 6 heteroatoms. The number of carbonyl (C=O) groups is 1. The van der Waals surface area contributed by atoms with Gasteiger partial charge in [0.25, 0.3) is 15.9 Å². The van der Waals surface area contributed by atoms with Crippen molar-refractivity contribution < 1.29 is 13.2 Å². The Morgan fingerprint density at radius 1 is 0.931 bits per heavy atom. The summed E-state index contributed by atoms with van der Waals surface area (Å²) in [7, 11) is -3.64. The van der Waals surface area contributed by atoms with E-state index in [4.69, 9.17) is 0 Å². The maximum Gasteiger partial charge on any atom is 0.261 e. The molecule has 5 nitrogen and oxygen atoms in total. The lowest BCUT2D eigenvalue weighted by Gasteiger charge is -2.14. The lowest BCUT2D eigenvalue weighted by Crippen LogP contribution is -2.26. The van der Waals surface area contributed by atoms with Gasteiger partial charge in [-0.2, -0.15) is 0 Å². The van der Waals surface area contributed by atoms with Crippen LogP contribution in [-0.4, -0.2) is 20.9 Å². The third-order valence-corrected chi connectivity index (χ3v) is 6.94. The second-order valence-electron chi connectivity index (χ2n) is 7.90. The van der Waals surface area contributed by atoms with Crippen LogP contribution in [-0.2, 0) is 10.0 Å². The van der Waals surface area contributed by atoms with E-state index in [0.717, 1.165) is 17.9 Å². The molecular weight excluding hydrogens is 384 g/mol. The van der Waals surface area contributed by atoms with Crippen molar-refractivity contribution in [1.29, 1.82) is 0 Å². The third kappa shape index (κ3) is 6.32. The highest BCUT2D eigenvalue weighted by Gasteiger charge is 2.15. The zero-order valence-electron chi connectivity index (χ0n) is 17.0. The van der Waals surface area contributed by atoms with Gasteiger partial charge in [-0.25, -0.2) is 8.42 Å². The number of benzene rings is 2. The van der Waals surface area contributed by atoms with Gasteiger partial charge in [-0.15, -0.1) is 0 Å².